The number of methoxy groups -OCH3 is 1. The lowest BCUT2D eigenvalue weighted by Crippen LogP contribution is -2.33. The topological polar surface area (TPSA) is 60.3 Å². The van der Waals surface area contributed by atoms with Gasteiger partial charge in [-0.3, -0.25) is 14.2 Å². The number of halogens is 1. The maximum atomic E-state index is 13.4. The predicted molar refractivity (Wildman–Crippen MR) is 137 cm³/mol. The average Bonchev–Trinajstić information content (AvgIpc) is 2.85. The zero-order valence-electron chi connectivity index (χ0n) is 19.3. The van der Waals surface area contributed by atoms with Crippen LogP contribution in [0.2, 0.25) is 5.02 Å². The third-order valence-electron chi connectivity index (χ3n) is 5.89. The highest BCUT2D eigenvalue weighted by molar-refractivity contribution is 6.30. The monoisotopic (exact) mass is 474 g/mol. The standard InChI is InChI=1S/C28H27ClN2O3/c1-19-3-5-20(6-4-19)7-10-23-15-22-11-14-25(34-2)16-26(22)31(28(23)33)18-27(32)30-17-21-8-12-24(29)13-9-21/h3-6,8-9,11-16H,7,10,17-18H2,1-2H3,(H,30,32). The molecule has 0 radical (unpaired) electrons. The smallest absolute Gasteiger partial charge is 0.254 e. The third-order valence-corrected chi connectivity index (χ3v) is 6.14. The van der Waals surface area contributed by atoms with Gasteiger partial charge in [-0.25, -0.2) is 0 Å². The molecule has 3 aromatic carbocycles. The Hall–Kier alpha value is -3.57. The number of pyridine rings is 1. The van der Waals surface area contributed by atoms with Crippen molar-refractivity contribution in [3.8, 4) is 5.75 Å². The van der Waals surface area contributed by atoms with Crippen LogP contribution in [0.15, 0.2) is 77.6 Å². The Labute approximate surface area is 204 Å². The first-order valence-corrected chi connectivity index (χ1v) is 11.6. The first kappa shape index (κ1) is 23.6. The fourth-order valence-corrected chi connectivity index (χ4v) is 4.04. The number of fused-ring (bicyclic) bond motifs is 1. The Bertz CT molecular complexity index is 1360. The van der Waals surface area contributed by atoms with Crippen LogP contribution in [0.5, 0.6) is 5.75 Å². The predicted octanol–water partition coefficient (Wildman–Crippen LogP) is 5.07. The Morgan fingerprint density at radius 3 is 2.35 bits per heavy atom. The molecule has 34 heavy (non-hydrogen) atoms. The van der Waals surface area contributed by atoms with E-state index in [1.807, 2.05) is 30.3 Å². The summed E-state index contributed by atoms with van der Waals surface area (Å²) in [6, 6.07) is 23.1. The number of carbonyl (C=O) groups is 1. The van der Waals surface area contributed by atoms with E-state index in [2.05, 4.69) is 36.5 Å². The summed E-state index contributed by atoms with van der Waals surface area (Å²) in [4.78, 5) is 26.2. The molecular weight excluding hydrogens is 448 g/mol. The second-order valence-electron chi connectivity index (χ2n) is 8.37. The number of aryl methyl sites for hydroxylation is 3. The zero-order chi connectivity index (χ0) is 24.1. The number of benzene rings is 3. The fraction of sp³-hybridized carbons (Fsp3) is 0.214. The van der Waals surface area contributed by atoms with Gasteiger partial charge in [-0.15, -0.1) is 0 Å². The lowest BCUT2D eigenvalue weighted by Gasteiger charge is -2.14. The summed E-state index contributed by atoms with van der Waals surface area (Å²) in [5, 5.41) is 4.43. The molecule has 0 bridgehead atoms. The Kier molecular flexibility index (Phi) is 7.33. The first-order chi connectivity index (χ1) is 16.4. The lowest BCUT2D eigenvalue weighted by atomic mass is 10.0. The van der Waals surface area contributed by atoms with Gasteiger partial charge in [0.05, 0.1) is 12.6 Å². The molecule has 1 N–H and O–H groups in total. The highest BCUT2D eigenvalue weighted by Crippen LogP contribution is 2.21. The maximum Gasteiger partial charge on any atom is 0.254 e. The van der Waals surface area contributed by atoms with Crippen LogP contribution in [0.3, 0.4) is 0 Å². The molecule has 0 spiro atoms. The summed E-state index contributed by atoms with van der Waals surface area (Å²) in [5.74, 6) is 0.395. The largest absolute Gasteiger partial charge is 0.497 e. The second kappa shape index (κ2) is 10.6. The summed E-state index contributed by atoms with van der Waals surface area (Å²) in [5.41, 5.74) is 4.51. The van der Waals surface area contributed by atoms with Crippen molar-refractivity contribution in [2.45, 2.75) is 32.9 Å². The molecule has 0 saturated heterocycles. The van der Waals surface area contributed by atoms with E-state index < -0.39 is 0 Å². The molecule has 1 amide bonds. The van der Waals surface area contributed by atoms with Crippen LogP contribution in [0.1, 0.15) is 22.3 Å². The van der Waals surface area contributed by atoms with E-state index in [-0.39, 0.29) is 18.0 Å². The van der Waals surface area contributed by atoms with Crippen molar-refractivity contribution >= 4 is 28.4 Å². The van der Waals surface area contributed by atoms with Crippen molar-refractivity contribution in [2.75, 3.05) is 7.11 Å². The Balaban J connectivity index is 1.60. The zero-order valence-corrected chi connectivity index (χ0v) is 20.1. The summed E-state index contributed by atoms with van der Waals surface area (Å²) in [6.07, 6.45) is 1.34. The van der Waals surface area contributed by atoms with Gasteiger partial charge in [-0.05, 0) is 66.6 Å². The van der Waals surface area contributed by atoms with Crippen LogP contribution in [-0.4, -0.2) is 17.6 Å². The number of nitrogens with one attached hydrogen (secondary N) is 1. The number of amides is 1. The molecular formula is C28H27ClN2O3. The number of aromatic nitrogens is 1. The van der Waals surface area contributed by atoms with Crippen molar-refractivity contribution in [3.05, 3.63) is 110 Å². The normalized spacial score (nSPS) is 10.9. The number of hydrogen-bond donors (Lipinski definition) is 1. The van der Waals surface area contributed by atoms with Gasteiger partial charge in [0.2, 0.25) is 5.91 Å². The van der Waals surface area contributed by atoms with Crippen LogP contribution < -0.4 is 15.6 Å². The van der Waals surface area contributed by atoms with E-state index >= 15 is 0 Å². The Morgan fingerprint density at radius 1 is 0.941 bits per heavy atom. The second-order valence-corrected chi connectivity index (χ2v) is 8.81. The molecule has 0 saturated carbocycles. The van der Waals surface area contributed by atoms with Gasteiger partial charge >= 0.3 is 0 Å². The highest BCUT2D eigenvalue weighted by atomic mass is 35.5. The maximum absolute atomic E-state index is 13.4. The van der Waals surface area contributed by atoms with Gasteiger partial charge in [-0.1, -0.05) is 53.6 Å². The highest BCUT2D eigenvalue weighted by Gasteiger charge is 2.14. The Morgan fingerprint density at radius 2 is 1.65 bits per heavy atom. The van der Waals surface area contributed by atoms with Crippen molar-refractivity contribution in [1.29, 1.82) is 0 Å². The molecule has 0 aliphatic rings. The fourth-order valence-electron chi connectivity index (χ4n) is 3.91. The van der Waals surface area contributed by atoms with E-state index in [0.29, 0.717) is 34.8 Å². The number of carbonyl (C=O) groups excluding carboxylic acids is 1. The quantitative estimate of drug-likeness (QED) is 0.387. The molecule has 0 atom stereocenters. The summed E-state index contributed by atoms with van der Waals surface area (Å²) < 4.78 is 6.90. The van der Waals surface area contributed by atoms with Crippen molar-refractivity contribution in [3.63, 3.8) is 0 Å². The molecule has 0 aliphatic heterocycles. The minimum atomic E-state index is -0.239. The first-order valence-electron chi connectivity index (χ1n) is 11.2. The average molecular weight is 475 g/mol. The SMILES string of the molecule is COc1ccc2cc(CCc3ccc(C)cc3)c(=O)n(CC(=O)NCc3ccc(Cl)cc3)c2c1. The van der Waals surface area contributed by atoms with Crippen molar-refractivity contribution < 1.29 is 9.53 Å². The molecule has 0 fully saturated rings. The van der Waals surface area contributed by atoms with Gasteiger partial charge in [-0.2, -0.15) is 0 Å². The van der Waals surface area contributed by atoms with Crippen LogP contribution in [0.4, 0.5) is 0 Å². The summed E-state index contributed by atoms with van der Waals surface area (Å²) in [7, 11) is 1.58. The molecule has 174 valence electrons. The van der Waals surface area contributed by atoms with Crippen LogP contribution in [0, 0.1) is 6.92 Å². The van der Waals surface area contributed by atoms with Crippen LogP contribution in [0.25, 0.3) is 10.9 Å². The number of hydrogen-bond acceptors (Lipinski definition) is 3. The van der Waals surface area contributed by atoms with E-state index in [9.17, 15) is 9.59 Å². The van der Waals surface area contributed by atoms with Crippen molar-refractivity contribution in [2.24, 2.45) is 0 Å². The summed E-state index contributed by atoms with van der Waals surface area (Å²) in [6.45, 7) is 2.34. The minimum absolute atomic E-state index is 0.0749. The van der Waals surface area contributed by atoms with Gasteiger partial charge < -0.3 is 10.1 Å². The van der Waals surface area contributed by atoms with Crippen LogP contribution in [-0.2, 0) is 30.7 Å². The molecule has 0 unspecified atom stereocenters. The minimum Gasteiger partial charge on any atom is -0.497 e. The molecule has 1 heterocycles. The van der Waals surface area contributed by atoms with Crippen LogP contribution >= 0.6 is 11.6 Å². The molecule has 4 rings (SSSR count). The molecule has 1 aromatic heterocycles. The van der Waals surface area contributed by atoms with E-state index in [1.165, 1.54) is 11.1 Å². The molecule has 6 heteroatoms. The summed E-state index contributed by atoms with van der Waals surface area (Å²) >= 11 is 5.93. The van der Waals surface area contributed by atoms with Gasteiger partial charge in [0.25, 0.3) is 5.56 Å². The van der Waals surface area contributed by atoms with Gasteiger partial charge in [0.1, 0.15) is 12.3 Å². The molecule has 5 nitrogen and oxygen atoms in total. The lowest BCUT2D eigenvalue weighted by molar-refractivity contribution is -0.121. The molecule has 0 aliphatic carbocycles. The van der Waals surface area contributed by atoms with E-state index in [4.69, 9.17) is 16.3 Å². The molecule has 4 aromatic rings. The van der Waals surface area contributed by atoms with Gasteiger partial charge in [0.15, 0.2) is 0 Å². The number of ether oxygens (including phenoxy) is 1. The number of nitrogens with zero attached hydrogens (tertiary/aromatic N) is 1. The van der Waals surface area contributed by atoms with E-state index in [0.717, 1.165) is 17.4 Å². The van der Waals surface area contributed by atoms with Gasteiger partial charge in [0, 0.05) is 23.2 Å². The van der Waals surface area contributed by atoms with Crippen molar-refractivity contribution in [1.82, 2.24) is 9.88 Å². The third kappa shape index (κ3) is 5.67. The van der Waals surface area contributed by atoms with E-state index in [1.54, 1.807) is 29.9 Å². The number of rotatable bonds is 8.